The Morgan fingerprint density at radius 1 is 1.00 bits per heavy atom. The molecule has 0 aliphatic carbocycles. The average Bonchev–Trinajstić information content (AvgIpc) is 2.86. The molecule has 4 aromatic rings. The van der Waals surface area contributed by atoms with E-state index in [4.69, 9.17) is 33.9 Å². The van der Waals surface area contributed by atoms with E-state index in [1.54, 1.807) is 34.2 Å². The molecule has 2 amide bonds. The first-order valence-electron chi connectivity index (χ1n) is 11.1. The van der Waals surface area contributed by atoms with Gasteiger partial charge in [0.25, 0.3) is 0 Å². The topological polar surface area (TPSA) is 87.4 Å². The van der Waals surface area contributed by atoms with Crippen molar-refractivity contribution < 1.29 is 4.79 Å². The van der Waals surface area contributed by atoms with Gasteiger partial charge in [0.2, 0.25) is 5.95 Å². The number of hydrogen-bond donors (Lipinski definition) is 2. The number of amides is 2. The molecule has 1 aromatic heterocycles. The normalized spacial score (nSPS) is 13.1. The molecule has 5 rings (SSSR count). The minimum absolute atomic E-state index is 0.249. The van der Waals surface area contributed by atoms with Crippen LogP contribution in [0.4, 0.5) is 33.6 Å². The summed E-state index contributed by atoms with van der Waals surface area (Å²) in [5, 5.41) is 4.11. The van der Waals surface area contributed by atoms with Gasteiger partial charge in [-0.2, -0.15) is 4.98 Å². The number of carbonyl (C=O) groups excluding carboxylic acids is 1. The smallest absolute Gasteiger partial charge is 0.330 e. The van der Waals surface area contributed by atoms with E-state index in [0.717, 1.165) is 16.8 Å². The molecular formula is C26H22Cl2N6O. The van der Waals surface area contributed by atoms with Crippen molar-refractivity contribution in [2.24, 2.45) is 5.73 Å². The number of urea groups is 1. The van der Waals surface area contributed by atoms with E-state index in [1.807, 2.05) is 54.6 Å². The molecule has 2 heterocycles. The molecule has 0 radical (unpaired) electrons. The predicted molar refractivity (Wildman–Crippen MR) is 141 cm³/mol. The maximum Gasteiger partial charge on any atom is 0.335 e. The molecule has 0 bridgehead atoms. The molecule has 3 N–H and O–H groups in total. The second-order valence-electron chi connectivity index (χ2n) is 8.04. The third-order valence-electron chi connectivity index (χ3n) is 5.63. The first kappa shape index (κ1) is 23.1. The first-order chi connectivity index (χ1) is 17.0. The number of nitrogens with one attached hydrogen (secondary N) is 1. The standard InChI is InChI=1S/C26H22Cl2N6O/c27-19-9-10-22(28)23(14-19)33-16-18-15-30-25(31-20-6-2-1-3-7-20)32-24(18)34(26(33)35)21-8-4-5-17(13-21)11-12-29/h1-10,13-15H,11-12,16,29H2,(H,30,31,32). The van der Waals surface area contributed by atoms with Crippen LogP contribution in [-0.2, 0) is 13.0 Å². The van der Waals surface area contributed by atoms with Crippen molar-refractivity contribution >= 4 is 58.1 Å². The Hall–Kier alpha value is -3.65. The van der Waals surface area contributed by atoms with Gasteiger partial charge in [0.05, 0.1) is 22.9 Å². The molecule has 1 aliphatic heterocycles. The summed E-state index contributed by atoms with van der Waals surface area (Å²) in [5.74, 6) is 0.892. The van der Waals surface area contributed by atoms with Crippen molar-refractivity contribution in [1.29, 1.82) is 0 Å². The zero-order chi connectivity index (χ0) is 24.4. The van der Waals surface area contributed by atoms with Gasteiger partial charge >= 0.3 is 6.03 Å². The second-order valence-corrected chi connectivity index (χ2v) is 8.89. The van der Waals surface area contributed by atoms with Gasteiger partial charge in [-0.1, -0.05) is 53.5 Å². The minimum atomic E-state index is -0.295. The molecule has 0 atom stereocenters. The van der Waals surface area contributed by atoms with Crippen molar-refractivity contribution in [3.8, 4) is 0 Å². The number of fused-ring (bicyclic) bond motifs is 1. The summed E-state index contributed by atoms with van der Waals surface area (Å²) in [6, 6.07) is 22.1. The molecule has 0 saturated heterocycles. The van der Waals surface area contributed by atoms with Crippen LogP contribution in [0.1, 0.15) is 11.1 Å². The lowest BCUT2D eigenvalue weighted by molar-refractivity contribution is 0.252. The largest absolute Gasteiger partial charge is 0.335 e. The summed E-state index contributed by atoms with van der Waals surface area (Å²) in [5.41, 5.74) is 9.60. The fourth-order valence-corrected chi connectivity index (χ4v) is 4.38. The molecule has 35 heavy (non-hydrogen) atoms. The van der Waals surface area contributed by atoms with Crippen LogP contribution in [-0.4, -0.2) is 22.5 Å². The summed E-state index contributed by atoms with van der Waals surface area (Å²) >= 11 is 12.7. The number of nitrogens with two attached hydrogens (primary N) is 1. The number of benzene rings is 3. The summed E-state index contributed by atoms with van der Waals surface area (Å²) in [6.07, 6.45) is 2.42. The fraction of sp³-hybridized carbons (Fsp3) is 0.115. The van der Waals surface area contributed by atoms with Crippen LogP contribution in [0.25, 0.3) is 0 Å². The number of halogens is 2. The Bertz CT molecular complexity index is 1380. The maximum absolute atomic E-state index is 13.9. The monoisotopic (exact) mass is 504 g/mol. The van der Waals surface area contributed by atoms with Crippen LogP contribution in [0.3, 0.4) is 0 Å². The predicted octanol–water partition coefficient (Wildman–Crippen LogP) is 6.31. The highest BCUT2D eigenvalue weighted by atomic mass is 35.5. The van der Waals surface area contributed by atoms with Gasteiger partial charge < -0.3 is 11.1 Å². The van der Waals surface area contributed by atoms with Gasteiger partial charge in [-0.05, 0) is 61.0 Å². The Morgan fingerprint density at radius 2 is 1.83 bits per heavy atom. The fourth-order valence-electron chi connectivity index (χ4n) is 3.99. The summed E-state index contributed by atoms with van der Waals surface area (Å²) < 4.78 is 0. The SMILES string of the molecule is NCCc1cccc(N2C(=O)N(c3cc(Cl)ccc3Cl)Cc3cnc(Nc4ccccc4)nc32)c1. The highest BCUT2D eigenvalue weighted by molar-refractivity contribution is 6.36. The summed E-state index contributed by atoms with van der Waals surface area (Å²) in [4.78, 5) is 26.3. The minimum Gasteiger partial charge on any atom is -0.330 e. The number of hydrogen-bond acceptors (Lipinski definition) is 5. The number of para-hydroxylation sites is 1. The number of aromatic nitrogens is 2. The molecule has 0 fully saturated rings. The number of rotatable bonds is 6. The molecule has 0 unspecified atom stereocenters. The van der Waals surface area contributed by atoms with Crippen LogP contribution in [0.2, 0.25) is 10.0 Å². The average molecular weight is 505 g/mol. The number of anilines is 5. The van der Waals surface area contributed by atoms with Crippen LogP contribution < -0.4 is 20.9 Å². The van der Waals surface area contributed by atoms with Gasteiger partial charge in [-0.25, -0.2) is 14.7 Å². The number of carbonyl (C=O) groups is 1. The first-order valence-corrected chi connectivity index (χ1v) is 11.8. The van der Waals surface area contributed by atoms with E-state index >= 15 is 0 Å². The zero-order valence-electron chi connectivity index (χ0n) is 18.7. The van der Waals surface area contributed by atoms with Gasteiger partial charge in [-0.3, -0.25) is 4.90 Å². The van der Waals surface area contributed by atoms with E-state index in [-0.39, 0.29) is 12.6 Å². The third-order valence-corrected chi connectivity index (χ3v) is 6.19. The molecule has 0 spiro atoms. The van der Waals surface area contributed by atoms with Gasteiger partial charge in [-0.15, -0.1) is 0 Å². The van der Waals surface area contributed by atoms with Gasteiger partial charge in [0, 0.05) is 22.5 Å². The lowest BCUT2D eigenvalue weighted by Gasteiger charge is -2.36. The third kappa shape index (κ3) is 4.79. The highest BCUT2D eigenvalue weighted by Crippen LogP contribution is 2.39. The van der Waals surface area contributed by atoms with E-state index in [1.165, 1.54) is 0 Å². The van der Waals surface area contributed by atoms with E-state index < -0.39 is 0 Å². The molecule has 9 heteroatoms. The number of nitrogens with zero attached hydrogens (tertiary/aromatic N) is 4. The van der Waals surface area contributed by atoms with Crippen LogP contribution in [0.5, 0.6) is 0 Å². The second kappa shape index (κ2) is 9.92. The molecule has 176 valence electrons. The van der Waals surface area contributed by atoms with Crippen molar-refractivity contribution in [3.05, 3.63) is 100 Å². The molecular weight excluding hydrogens is 483 g/mol. The molecule has 1 aliphatic rings. The van der Waals surface area contributed by atoms with Crippen LogP contribution in [0, 0.1) is 0 Å². The Labute approximate surface area is 213 Å². The van der Waals surface area contributed by atoms with Crippen molar-refractivity contribution in [2.75, 3.05) is 21.7 Å². The van der Waals surface area contributed by atoms with E-state index in [0.29, 0.717) is 46.2 Å². The molecule has 0 saturated carbocycles. The Balaban J connectivity index is 1.62. The van der Waals surface area contributed by atoms with Gasteiger partial charge in [0.1, 0.15) is 0 Å². The zero-order valence-corrected chi connectivity index (χ0v) is 20.2. The quantitative estimate of drug-likeness (QED) is 0.321. The van der Waals surface area contributed by atoms with Gasteiger partial charge in [0.15, 0.2) is 5.82 Å². The van der Waals surface area contributed by atoms with Crippen molar-refractivity contribution in [1.82, 2.24) is 9.97 Å². The Kier molecular flexibility index (Phi) is 6.55. The van der Waals surface area contributed by atoms with Crippen LogP contribution in [0.15, 0.2) is 79.0 Å². The van der Waals surface area contributed by atoms with Crippen molar-refractivity contribution in [3.63, 3.8) is 0 Å². The summed E-state index contributed by atoms with van der Waals surface area (Å²) in [6.45, 7) is 0.754. The highest BCUT2D eigenvalue weighted by Gasteiger charge is 2.35. The van der Waals surface area contributed by atoms with E-state index in [2.05, 4.69) is 10.3 Å². The summed E-state index contributed by atoms with van der Waals surface area (Å²) in [7, 11) is 0. The van der Waals surface area contributed by atoms with E-state index in [9.17, 15) is 4.79 Å². The van der Waals surface area contributed by atoms with Crippen molar-refractivity contribution in [2.45, 2.75) is 13.0 Å². The van der Waals surface area contributed by atoms with Crippen LogP contribution >= 0.6 is 23.2 Å². The lowest BCUT2D eigenvalue weighted by Crippen LogP contribution is -2.45. The lowest BCUT2D eigenvalue weighted by atomic mass is 10.1. The Morgan fingerprint density at radius 3 is 2.63 bits per heavy atom. The molecule has 7 nitrogen and oxygen atoms in total. The molecule has 3 aromatic carbocycles. The maximum atomic E-state index is 13.9.